The molecule has 0 fully saturated rings. The molecule has 2 aromatic carbocycles. The summed E-state index contributed by atoms with van der Waals surface area (Å²) < 4.78 is 2.88. The highest BCUT2D eigenvalue weighted by molar-refractivity contribution is 9.10. The SMILES string of the molecule is Clc1ccc(Nc2nncn2-c2cccc(Br)c2)cc1. The molecular weight excluding hydrogens is 340 g/mol. The highest BCUT2D eigenvalue weighted by Crippen LogP contribution is 2.21. The Kier molecular flexibility index (Phi) is 3.71. The first kappa shape index (κ1) is 13.1. The van der Waals surface area contributed by atoms with E-state index in [1.807, 2.05) is 53.1 Å². The van der Waals surface area contributed by atoms with E-state index in [1.165, 1.54) is 0 Å². The molecule has 0 saturated carbocycles. The fourth-order valence-corrected chi connectivity index (χ4v) is 2.31. The van der Waals surface area contributed by atoms with Crippen LogP contribution in [0.5, 0.6) is 0 Å². The summed E-state index contributed by atoms with van der Waals surface area (Å²) >= 11 is 9.33. The van der Waals surface area contributed by atoms with Crippen molar-refractivity contribution in [1.82, 2.24) is 14.8 Å². The number of aromatic nitrogens is 3. The number of benzene rings is 2. The lowest BCUT2D eigenvalue weighted by Crippen LogP contribution is -2.00. The molecule has 3 rings (SSSR count). The van der Waals surface area contributed by atoms with E-state index in [9.17, 15) is 0 Å². The molecule has 6 heteroatoms. The average molecular weight is 350 g/mol. The zero-order chi connectivity index (χ0) is 13.9. The quantitative estimate of drug-likeness (QED) is 0.761. The Morgan fingerprint density at radius 2 is 1.90 bits per heavy atom. The second-order valence-corrected chi connectivity index (χ2v) is 5.49. The van der Waals surface area contributed by atoms with E-state index >= 15 is 0 Å². The van der Waals surface area contributed by atoms with Gasteiger partial charge in [0.1, 0.15) is 6.33 Å². The van der Waals surface area contributed by atoms with Gasteiger partial charge in [-0.2, -0.15) is 0 Å². The third-order valence-electron chi connectivity index (χ3n) is 2.73. The number of hydrogen-bond donors (Lipinski definition) is 1. The van der Waals surface area contributed by atoms with Crippen molar-refractivity contribution >= 4 is 39.2 Å². The zero-order valence-corrected chi connectivity index (χ0v) is 12.6. The maximum atomic E-state index is 5.87. The van der Waals surface area contributed by atoms with Crippen molar-refractivity contribution in [2.24, 2.45) is 0 Å². The van der Waals surface area contributed by atoms with Crippen molar-refractivity contribution in [3.8, 4) is 5.69 Å². The highest BCUT2D eigenvalue weighted by Gasteiger charge is 2.06. The molecular formula is C14H10BrClN4. The van der Waals surface area contributed by atoms with Gasteiger partial charge >= 0.3 is 0 Å². The van der Waals surface area contributed by atoms with Gasteiger partial charge in [0.25, 0.3) is 0 Å². The minimum Gasteiger partial charge on any atom is -0.324 e. The first-order chi connectivity index (χ1) is 9.72. The Morgan fingerprint density at radius 1 is 1.10 bits per heavy atom. The van der Waals surface area contributed by atoms with Gasteiger partial charge in [0.05, 0.1) is 5.69 Å². The molecule has 0 radical (unpaired) electrons. The Labute approximate surface area is 129 Å². The molecule has 100 valence electrons. The van der Waals surface area contributed by atoms with E-state index < -0.39 is 0 Å². The number of hydrogen-bond acceptors (Lipinski definition) is 3. The molecule has 1 N–H and O–H groups in total. The second-order valence-electron chi connectivity index (χ2n) is 4.14. The zero-order valence-electron chi connectivity index (χ0n) is 10.3. The van der Waals surface area contributed by atoms with E-state index in [-0.39, 0.29) is 0 Å². The van der Waals surface area contributed by atoms with Crippen LogP contribution in [-0.4, -0.2) is 14.8 Å². The van der Waals surface area contributed by atoms with Gasteiger partial charge in [0.15, 0.2) is 0 Å². The second kappa shape index (κ2) is 5.64. The first-order valence-corrected chi connectivity index (χ1v) is 7.08. The van der Waals surface area contributed by atoms with Crippen LogP contribution < -0.4 is 5.32 Å². The van der Waals surface area contributed by atoms with Gasteiger partial charge in [0, 0.05) is 15.2 Å². The molecule has 4 nitrogen and oxygen atoms in total. The van der Waals surface area contributed by atoms with Crippen molar-refractivity contribution in [3.05, 3.63) is 64.4 Å². The number of nitrogens with one attached hydrogen (secondary N) is 1. The molecule has 0 spiro atoms. The highest BCUT2D eigenvalue weighted by atomic mass is 79.9. The maximum absolute atomic E-state index is 5.87. The Hall–Kier alpha value is -1.85. The van der Waals surface area contributed by atoms with Crippen LogP contribution in [0, 0.1) is 0 Å². The van der Waals surface area contributed by atoms with Gasteiger partial charge < -0.3 is 5.32 Å². The monoisotopic (exact) mass is 348 g/mol. The molecule has 0 amide bonds. The van der Waals surface area contributed by atoms with Crippen molar-refractivity contribution in [2.75, 3.05) is 5.32 Å². The molecule has 20 heavy (non-hydrogen) atoms. The van der Waals surface area contributed by atoms with Gasteiger partial charge in [-0.1, -0.05) is 33.6 Å². The summed E-state index contributed by atoms with van der Waals surface area (Å²) in [6.07, 6.45) is 1.67. The molecule has 0 aliphatic heterocycles. The predicted molar refractivity (Wildman–Crippen MR) is 83.8 cm³/mol. The summed E-state index contributed by atoms with van der Waals surface area (Å²) in [6.45, 7) is 0. The Morgan fingerprint density at radius 3 is 2.65 bits per heavy atom. The lowest BCUT2D eigenvalue weighted by Gasteiger charge is -2.09. The van der Waals surface area contributed by atoms with E-state index in [2.05, 4.69) is 31.4 Å². The van der Waals surface area contributed by atoms with Gasteiger partial charge in [-0.3, -0.25) is 4.57 Å². The number of nitrogens with zero attached hydrogens (tertiary/aromatic N) is 3. The van der Waals surface area contributed by atoms with Crippen LogP contribution in [-0.2, 0) is 0 Å². The fraction of sp³-hybridized carbons (Fsp3) is 0. The van der Waals surface area contributed by atoms with Gasteiger partial charge in [-0.25, -0.2) is 0 Å². The van der Waals surface area contributed by atoms with Crippen LogP contribution in [0.25, 0.3) is 5.69 Å². The summed E-state index contributed by atoms with van der Waals surface area (Å²) in [6, 6.07) is 15.3. The number of rotatable bonds is 3. The summed E-state index contributed by atoms with van der Waals surface area (Å²) in [4.78, 5) is 0. The van der Waals surface area contributed by atoms with E-state index in [0.717, 1.165) is 15.8 Å². The summed E-state index contributed by atoms with van der Waals surface area (Å²) in [5.41, 5.74) is 1.87. The smallest absolute Gasteiger partial charge is 0.233 e. The van der Waals surface area contributed by atoms with Crippen LogP contribution in [0.15, 0.2) is 59.3 Å². The van der Waals surface area contributed by atoms with Crippen LogP contribution in [0.4, 0.5) is 11.6 Å². The molecule has 3 aromatic rings. The summed E-state index contributed by atoms with van der Waals surface area (Å²) in [5, 5.41) is 12.0. The first-order valence-electron chi connectivity index (χ1n) is 5.91. The minimum atomic E-state index is 0.644. The summed E-state index contributed by atoms with van der Waals surface area (Å²) in [7, 11) is 0. The third-order valence-corrected chi connectivity index (χ3v) is 3.48. The molecule has 0 aliphatic rings. The van der Waals surface area contributed by atoms with E-state index in [4.69, 9.17) is 11.6 Å². The number of anilines is 2. The van der Waals surface area contributed by atoms with Crippen LogP contribution >= 0.6 is 27.5 Å². The predicted octanol–water partition coefficient (Wildman–Crippen LogP) is 4.43. The standard InChI is InChI=1S/C14H10BrClN4/c15-10-2-1-3-13(8-10)20-9-17-19-14(20)18-12-6-4-11(16)5-7-12/h1-9H,(H,18,19). The maximum Gasteiger partial charge on any atom is 0.233 e. The average Bonchev–Trinajstić information content (AvgIpc) is 2.89. The molecule has 0 aliphatic carbocycles. The van der Waals surface area contributed by atoms with Crippen molar-refractivity contribution in [3.63, 3.8) is 0 Å². The Balaban J connectivity index is 1.92. The van der Waals surface area contributed by atoms with Crippen LogP contribution in [0.3, 0.4) is 0 Å². The molecule has 0 atom stereocenters. The number of halogens is 2. The molecule has 0 unspecified atom stereocenters. The molecule has 1 heterocycles. The minimum absolute atomic E-state index is 0.644. The Bertz CT molecular complexity index is 724. The lowest BCUT2D eigenvalue weighted by atomic mass is 10.3. The largest absolute Gasteiger partial charge is 0.324 e. The van der Waals surface area contributed by atoms with E-state index in [0.29, 0.717) is 11.0 Å². The van der Waals surface area contributed by atoms with E-state index in [1.54, 1.807) is 6.33 Å². The van der Waals surface area contributed by atoms with Crippen molar-refractivity contribution in [2.45, 2.75) is 0 Å². The van der Waals surface area contributed by atoms with Crippen LogP contribution in [0.2, 0.25) is 5.02 Å². The van der Waals surface area contributed by atoms with Gasteiger partial charge in [0.2, 0.25) is 5.95 Å². The summed E-state index contributed by atoms with van der Waals surface area (Å²) in [5.74, 6) is 0.644. The third kappa shape index (κ3) is 2.84. The topological polar surface area (TPSA) is 42.7 Å². The fourth-order valence-electron chi connectivity index (χ4n) is 1.80. The van der Waals surface area contributed by atoms with Crippen LogP contribution in [0.1, 0.15) is 0 Å². The molecule has 1 aromatic heterocycles. The lowest BCUT2D eigenvalue weighted by molar-refractivity contribution is 1.06. The van der Waals surface area contributed by atoms with Crippen molar-refractivity contribution in [1.29, 1.82) is 0 Å². The normalized spacial score (nSPS) is 10.5. The molecule has 0 saturated heterocycles. The van der Waals surface area contributed by atoms with Gasteiger partial charge in [-0.15, -0.1) is 10.2 Å². The van der Waals surface area contributed by atoms with Crippen molar-refractivity contribution < 1.29 is 0 Å². The molecule has 0 bridgehead atoms. The van der Waals surface area contributed by atoms with Gasteiger partial charge in [-0.05, 0) is 42.5 Å².